The molecule has 4 rings (SSSR count). The highest BCUT2D eigenvalue weighted by Crippen LogP contribution is 2.34. The van der Waals surface area contributed by atoms with Crippen LogP contribution in [-0.2, 0) is 6.42 Å². The molecule has 4 aromatic rings. The third kappa shape index (κ3) is 2.24. The molecule has 0 spiro atoms. The number of nitriles is 1. The van der Waals surface area contributed by atoms with Gasteiger partial charge in [-0.2, -0.15) is 5.26 Å². The number of hydrogen-bond acceptors (Lipinski definition) is 4. The highest BCUT2D eigenvalue weighted by atomic mass is 32.1. The molecular weight excluding hydrogens is 318 g/mol. The van der Waals surface area contributed by atoms with Crippen molar-refractivity contribution in [3.05, 3.63) is 58.8 Å². The number of nitrogens with zero attached hydrogens (tertiary/aromatic N) is 3. The maximum atomic E-state index is 9.33. The van der Waals surface area contributed by atoms with E-state index in [-0.39, 0.29) is 0 Å². The zero-order valence-electron chi connectivity index (χ0n) is 13.4. The van der Waals surface area contributed by atoms with Gasteiger partial charge in [0.25, 0.3) is 0 Å². The van der Waals surface area contributed by atoms with Crippen LogP contribution in [-0.4, -0.2) is 9.38 Å². The summed E-state index contributed by atoms with van der Waals surface area (Å²) in [5, 5.41) is 11.4. The Morgan fingerprint density at radius 3 is 2.88 bits per heavy atom. The largest absolute Gasteiger partial charge is 0.463 e. The number of thiazole rings is 1. The van der Waals surface area contributed by atoms with Gasteiger partial charge in [0.1, 0.15) is 5.69 Å². The molecular formula is C19H15N3OS. The lowest BCUT2D eigenvalue weighted by atomic mass is 10.0. The van der Waals surface area contributed by atoms with Crippen molar-refractivity contribution in [1.29, 1.82) is 5.26 Å². The van der Waals surface area contributed by atoms with Crippen LogP contribution >= 0.6 is 11.3 Å². The van der Waals surface area contributed by atoms with Crippen molar-refractivity contribution < 1.29 is 4.42 Å². The Morgan fingerprint density at radius 2 is 2.17 bits per heavy atom. The highest BCUT2D eigenvalue weighted by molar-refractivity contribution is 7.15. The quantitative estimate of drug-likeness (QED) is 0.530. The number of benzene rings is 1. The van der Waals surface area contributed by atoms with E-state index in [1.807, 2.05) is 21.9 Å². The Bertz CT molecular complexity index is 1060. The van der Waals surface area contributed by atoms with Gasteiger partial charge in [-0.1, -0.05) is 23.8 Å². The molecule has 0 atom stereocenters. The summed E-state index contributed by atoms with van der Waals surface area (Å²) in [6.07, 6.45) is 1.96. The van der Waals surface area contributed by atoms with E-state index < -0.39 is 0 Å². The van der Waals surface area contributed by atoms with Crippen molar-refractivity contribution in [2.45, 2.75) is 20.3 Å². The predicted octanol–water partition coefficient (Wildman–Crippen LogP) is 5.01. The molecule has 3 aromatic heterocycles. The van der Waals surface area contributed by atoms with Crippen LogP contribution in [0.2, 0.25) is 0 Å². The summed E-state index contributed by atoms with van der Waals surface area (Å²) in [6.45, 7) is 4.16. The highest BCUT2D eigenvalue weighted by Gasteiger charge is 2.20. The minimum atomic E-state index is 0.300. The first-order chi connectivity index (χ1) is 11.7. The second-order valence-corrected chi connectivity index (χ2v) is 6.61. The van der Waals surface area contributed by atoms with E-state index in [1.54, 1.807) is 17.6 Å². The zero-order chi connectivity index (χ0) is 16.7. The van der Waals surface area contributed by atoms with E-state index in [4.69, 9.17) is 9.40 Å². The lowest BCUT2D eigenvalue weighted by Gasteiger charge is -2.07. The van der Waals surface area contributed by atoms with E-state index in [0.29, 0.717) is 6.42 Å². The summed E-state index contributed by atoms with van der Waals surface area (Å²) < 4.78 is 7.59. The third-order valence-corrected chi connectivity index (χ3v) is 4.94. The predicted molar refractivity (Wildman–Crippen MR) is 95.0 cm³/mol. The molecule has 0 aliphatic rings. The summed E-state index contributed by atoms with van der Waals surface area (Å²) in [6, 6.07) is 12.4. The minimum absolute atomic E-state index is 0.300. The Balaban J connectivity index is 2.00. The molecule has 0 aliphatic heterocycles. The number of fused-ring (bicyclic) bond motifs is 1. The summed E-state index contributed by atoms with van der Waals surface area (Å²) in [4.78, 5) is 5.69. The van der Waals surface area contributed by atoms with Gasteiger partial charge in [-0.25, -0.2) is 4.98 Å². The van der Waals surface area contributed by atoms with Crippen LogP contribution < -0.4 is 0 Å². The lowest BCUT2D eigenvalue weighted by Crippen LogP contribution is -1.95. The van der Waals surface area contributed by atoms with Gasteiger partial charge in [-0.3, -0.25) is 4.40 Å². The van der Waals surface area contributed by atoms with Gasteiger partial charge in [0.2, 0.25) is 0 Å². The van der Waals surface area contributed by atoms with Gasteiger partial charge in [0.15, 0.2) is 10.7 Å². The number of rotatable bonds is 3. The zero-order valence-corrected chi connectivity index (χ0v) is 14.2. The molecule has 0 bridgehead atoms. The number of aryl methyl sites for hydroxylation is 2. The molecule has 0 unspecified atom stereocenters. The normalized spacial score (nSPS) is 11.0. The molecule has 1 aromatic carbocycles. The van der Waals surface area contributed by atoms with E-state index in [1.165, 1.54) is 11.1 Å². The Kier molecular flexibility index (Phi) is 3.47. The third-order valence-electron chi connectivity index (χ3n) is 4.12. The molecule has 0 radical (unpaired) electrons. The van der Waals surface area contributed by atoms with E-state index in [9.17, 15) is 5.26 Å². The van der Waals surface area contributed by atoms with Crippen LogP contribution in [0.3, 0.4) is 0 Å². The Hall–Kier alpha value is -2.84. The average molecular weight is 333 g/mol. The maximum Gasteiger partial charge on any atom is 0.195 e. The van der Waals surface area contributed by atoms with Crippen molar-refractivity contribution >= 4 is 16.3 Å². The molecule has 4 nitrogen and oxygen atoms in total. The minimum Gasteiger partial charge on any atom is -0.463 e. The number of hydrogen-bond donors (Lipinski definition) is 0. The maximum absolute atomic E-state index is 9.33. The monoisotopic (exact) mass is 333 g/mol. The van der Waals surface area contributed by atoms with Crippen LogP contribution in [0.5, 0.6) is 0 Å². The van der Waals surface area contributed by atoms with Crippen LogP contribution in [0, 0.1) is 25.2 Å². The van der Waals surface area contributed by atoms with Crippen LogP contribution in [0.15, 0.2) is 46.4 Å². The van der Waals surface area contributed by atoms with Gasteiger partial charge >= 0.3 is 0 Å². The first kappa shape index (κ1) is 14.7. The lowest BCUT2D eigenvalue weighted by molar-refractivity contribution is 0.579. The Labute approximate surface area is 143 Å². The fraction of sp³-hybridized carbons (Fsp3) is 0.158. The van der Waals surface area contributed by atoms with Crippen molar-refractivity contribution in [2.24, 2.45) is 0 Å². The smallest absolute Gasteiger partial charge is 0.195 e. The molecule has 118 valence electrons. The van der Waals surface area contributed by atoms with Gasteiger partial charge in [0, 0.05) is 10.9 Å². The number of imidazole rings is 1. The van der Waals surface area contributed by atoms with Gasteiger partial charge in [-0.15, -0.1) is 11.3 Å². The van der Waals surface area contributed by atoms with Crippen LogP contribution in [0.4, 0.5) is 0 Å². The fourth-order valence-corrected chi connectivity index (χ4v) is 3.94. The summed E-state index contributed by atoms with van der Waals surface area (Å²) >= 11 is 1.56. The second kappa shape index (κ2) is 5.66. The molecule has 0 saturated heterocycles. The van der Waals surface area contributed by atoms with Crippen LogP contribution in [0.1, 0.15) is 16.8 Å². The van der Waals surface area contributed by atoms with E-state index >= 15 is 0 Å². The summed E-state index contributed by atoms with van der Waals surface area (Å²) in [5.41, 5.74) is 6.19. The standard InChI is InChI=1S/C19H15N3OS/c1-12-5-6-14(13(2)10-12)18-15(7-8-20)22-16(11-24-19(22)21-18)17-4-3-9-23-17/h3-6,9-11H,7H2,1-2H3. The first-order valence-electron chi connectivity index (χ1n) is 7.66. The molecule has 5 heteroatoms. The van der Waals surface area contributed by atoms with Crippen molar-refractivity contribution in [3.63, 3.8) is 0 Å². The topological polar surface area (TPSA) is 54.2 Å². The van der Waals surface area contributed by atoms with Gasteiger partial charge in [-0.05, 0) is 31.5 Å². The number of aromatic nitrogens is 2. The molecule has 0 amide bonds. The Morgan fingerprint density at radius 1 is 1.29 bits per heavy atom. The first-order valence-corrected chi connectivity index (χ1v) is 8.54. The molecule has 24 heavy (non-hydrogen) atoms. The van der Waals surface area contributed by atoms with E-state index in [0.717, 1.165) is 33.4 Å². The number of furan rings is 1. The van der Waals surface area contributed by atoms with Gasteiger partial charge in [0.05, 0.1) is 30.1 Å². The van der Waals surface area contributed by atoms with Gasteiger partial charge < -0.3 is 4.42 Å². The SMILES string of the molecule is Cc1ccc(-c2nc3scc(-c4ccco4)n3c2CC#N)c(C)c1. The van der Waals surface area contributed by atoms with Crippen molar-refractivity contribution in [3.8, 4) is 28.8 Å². The molecule has 3 heterocycles. The molecule has 0 aliphatic carbocycles. The average Bonchev–Trinajstić information content (AvgIpc) is 3.25. The molecule has 0 N–H and O–H groups in total. The van der Waals surface area contributed by atoms with Crippen molar-refractivity contribution in [2.75, 3.05) is 0 Å². The fourth-order valence-electron chi connectivity index (χ4n) is 3.05. The molecule has 0 saturated carbocycles. The second-order valence-electron chi connectivity index (χ2n) is 5.78. The molecule has 0 fully saturated rings. The van der Waals surface area contributed by atoms with Crippen LogP contribution in [0.25, 0.3) is 27.7 Å². The van der Waals surface area contributed by atoms with E-state index in [2.05, 4.69) is 38.1 Å². The summed E-state index contributed by atoms with van der Waals surface area (Å²) in [7, 11) is 0. The summed E-state index contributed by atoms with van der Waals surface area (Å²) in [5.74, 6) is 0.782. The van der Waals surface area contributed by atoms with Crippen molar-refractivity contribution in [1.82, 2.24) is 9.38 Å².